The molecule has 1 N–H and O–H groups in total. The van der Waals surface area contributed by atoms with Gasteiger partial charge in [-0.2, -0.15) is 0 Å². The fourth-order valence-corrected chi connectivity index (χ4v) is 3.23. The third-order valence-electron chi connectivity index (χ3n) is 2.69. The average molecular weight is 290 g/mol. The van der Waals surface area contributed by atoms with Crippen LogP contribution in [0, 0.1) is 6.92 Å². The van der Waals surface area contributed by atoms with Crippen molar-refractivity contribution in [2.75, 3.05) is 4.72 Å². The fraction of sp³-hybridized carbons (Fsp3) is 0.0833. The van der Waals surface area contributed by atoms with Gasteiger partial charge in [0.05, 0.1) is 4.90 Å². The van der Waals surface area contributed by atoms with Crippen molar-refractivity contribution < 1.29 is 4.21 Å². The molecule has 0 saturated carbocycles. The van der Waals surface area contributed by atoms with Gasteiger partial charge in [-0.15, -0.1) is 10.2 Å². The highest BCUT2D eigenvalue weighted by atomic mass is 32.2. The number of anilines is 1. The van der Waals surface area contributed by atoms with Gasteiger partial charge >= 0.3 is 0 Å². The van der Waals surface area contributed by atoms with Crippen molar-refractivity contribution in [3.63, 3.8) is 0 Å². The number of aromatic nitrogens is 3. The summed E-state index contributed by atoms with van der Waals surface area (Å²) < 4.78 is 15.0. The predicted molar refractivity (Wildman–Crippen MR) is 76.4 cm³/mol. The normalized spacial score (nSPS) is 12.5. The topological polar surface area (TPSA) is 67.8 Å². The van der Waals surface area contributed by atoms with Crippen LogP contribution < -0.4 is 4.72 Å². The van der Waals surface area contributed by atoms with Crippen molar-refractivity contribution in [2.45, 2.75) is 11.8 Å². The molecule has 19 heavy (non-hydrogen) atoms. The molecule has 96 valence electrons. The standard InChI is InChI=1S/C12H10N4OS2/c1-8-11-3-2-10(6-9(11)4-5-13-8)19(17)16-12-15-14-7-18-12/h2-7H,1H3,(H,15,16). The molecule has 2 heterocycles. The third kappa shape index (κ3) is 2.47. The van der Waals surface area contributed by atoms with Crippen LogP contribution in [0.4, 0.5) is 5.13 Å². The second-order valence-electron chi connectivity index (χ2n) is 3.89. The quantitative estimate of drug-likeness (QED) is 0.805. The van der Waals surface area contributed by atoms with Gasteiger partial charge in [-0.05, 0) is 30.5 Å². The van der Waals surface area contributed by atoms with Crippen LogP contribution in [0.2, 0.25) is 0 Å². The minimum Gasteiger partial charge on any atom is -0.275 e. The van der Waals surface area contributed by atoms with Gasteiger partial charge in [-0.3, -0.25) is 9.71 Å². The number of rotatable bonds is 3. The van der Waals surface area contributed by atoms with E-state index in [1.54, 1.807) is 11.7 Å². The molecule has 0 amide bonds. The summed E-state index contributed by atoms with van der Waals surface area (Å²) in [5, 5.41) is 10.1. The first-order valence-corrected chi connectivity index (χ1v) is 7.57. The van der Waals surface area contributed by atoms with E-state index in [0.29, 0.717) is 10.0 Å². The van der Waals surface area contributed by atoms with Crippen LogP contribution in [0.3, 0.4) is 0 Å². The lowest BCUT2D eigenvalue weighted by molar-refractivity contribution is 0.686. The highest BCUT2D eigenvalue weighted by Crippen LogP contribution is 2.21. The predicted octanol–water partition coefficient (Wildman–Crippen LogP) is 2.53. The van der Waals surface area contributed by atoms with Crippen LogP contribution in [-0.4, -0.2) is 19.4 Å². The molecule has 0 aliphatic carbocycles. The molecule has 0 spiro atoms. The number of aryl methyl sites for hydroxylation is 1. The monoisotopic (exact) mass is 290 g/mol. The molecule has 0 aliphatic rings. The molecule has 0 radical (unpaired) electrons. The summed E-state index contributed by atoms with van der Waals surface area (Å²) in [7, 11) is -1.34. The summed E-state index contributed by atoms with van der Waals surface area (Å²) in [6, 6.07) is 7.58. The maximum atomic E-state index is 12.2. The first-order chi connectivity index (χ1) is 9.24. The molecule has 3 rings (SSSR count). The van der Waals surface area contributed by atoms with E-state index in [4.69, 9.17) is 0 Å². The highest BCUT2D eigenvalue weighted by Gasteiger charge is 2.07. The Bertz CT molecular complexity index is 743. The van der Waals surface area contributed by atoms with Crippen molar-refractivity contribution in [3.05, 3.63) is 41.7 Å². The number of benzene rings is 1. The molecule has 0 bridgehead atoms. The van der Waals surface area contributed by atoms with Crippen molar-refractivity contribution in [2.24, 2.45) is 0 Å². The summed E-state index contributed by atoms with van der Waals surface area (Å²) >= 11 is 1.32. The largest absolute Gasteiger partial charge is 0.275 e. The van der Waals surface area contributed by atoms with Crippen LogP contribution in [-0.2, 0) is 11.0 Å². The SMILES string of the molecule is Cc1nccc2cc(S(=O)Nc3nncs3)ccc12. The van der Waals surface area contributed by atoms with E-state index >= 15 is 0 Å². The smallest absolute Gasteiger partial charge is 0.217 e. The lowest BCUT2D eigenvalue weighted by atomic mass is 10.1. The van der Waals surface area contributed by atoms with Gasteiger partial charge in [0.2, 0.25) is 5.13 Å². The van der Waals surface area contributed by atoms with Crippen molar-refractivity contribution in [3.8, 4) is 0 Å². The Labute approximate surface area is 116 Å². The van der Waals surface area contributed by atoms with E-state index in [9.17, 15) is 4.21 Å². The van der Waals surface area contributed by atoms with Gasteiger partial charge in [0.25, 0.3) is 0 Å². The first-order valence-electron chi connectivity index (χ1n) is 5.54. The van der Waals surface area contributed by atoms with Gasteiger partial charge in [-0.25, -0.2) is 4.21 Å². The molecule has 1 atom stereocenters. The Morgan fingerprint density at radius 2 is 2.21 bits per heavy atom. The van der Waals surface area contributed by atoms with Crippen LogP contribution in [0.15, 0.2) is 40.9 Å². The van der Waals surface area contributed by atoms with E-state index < -0.39 is 11.0 Å². The zero-order chi connectivity index (χ0) is 13.2. The van der Waals surface area contributed by atoms with Crippen molar-refractivity contribution in [1.82, 2.24) is 15.2 Å². The summed E-state index contributed by atoms with van der Waals surface area (Å²) in [5.74, 6) is 0. The van der Waals surface area contributed by atoms with Crippen LogP contribution in [0.1, 0.15) is 5.69 Å². The van der Waals surface area contributed by atoms with Crippen LogP contribution in [0.25, 0.3) is 10.8 Å². The van der Waals surface area contributed by atoms with Gasteiger partial charge in [0.1, 0.15) is 5.51 Å². The lowest BCUT2D eigenvalue weighted by Gasteiger charge is -2.05. The van der Waals surface area contributed by atoms with Crippen LogP contribution >= 0.6 is 11.3 Å². The zero-order valence-electron chi connectivity index (χ0n) is 10.0. The fourth-order valence-electron chi connectivity index (χ4n) is 1.78. The zero-order valence-corrected chi connectivity index (χ0v) is 11.7. The Balaban J connectivity index is 1.95. The number of nitrogens with one attached hydrogen (secondary N) is 1. The number of pyridine rings is 1. The molecule has 0 fully saturated rings. The number of hydrogen-bond acceptors (Lipinski definition) is 5. The molecule has 5 nitrogen and oxygen atoms in total. The maximum absolute atomic E-state index is 12.2. The summed E-state index contributed by atoms with van der Waals surface area (Å²) in [4.78, 5) is 4.94. The molecular weight excluding hydrogens is 280 g/mol. The molecule has 0 saturated heterocycles. The molecule has 2 aromatic heterocycles. The Kier molecular flexibility index (Phi) is 3.22. The molecule has 3 aromatic rings. The number of hydrogen-bond donors (Lipinski definition) is 1. The maximum Gasteiger partial charge on any atom is 0.217 e. The second-order valence-corrected chi connectivity index (χ2v) is 5.94. The Morgan fingerprint density at radius 3 is 3.00 bits per heavy atom. The van der Waals surface area contributed by atoms with E-state index in [0.717, 1.165) is 16.5 Å². The number of fused-ring (bicyclic) bond motifs is 1. The highest BCUT2D eigenvalue weighted by molar-refractivity contribution is 7.86. The van der Waals surface area contributed by atoms with Crippen molar-refractivity contribution in [1.29, 1.82) is 0 Å². The summed E-state index contributed by atoms with van der Waals surface area (Å²) in [6.45, 7) is 1.96. The van der Waals surface area contributed by atoms with Crippen LogP contribution in [0.5, 0.6) is 0 Å². The molecule has 1 unspecified atom stereocenters. The molecule has 7 heteroatoms. The molecule has 1 aromatic carbocycles. The van der Waals surface area contributed by atoms with E-state index in [1.165, 1.54) is 11.3 Å². The minimum absolute atomic E-state index is 0.546. The summed E-state index contributed by atoms with van der Waals surface area (Å²) in [5.41, 5.74) is 2.56. The lowest BCUT2D eigenvalue weighted by Crippen LogP contribution is -2.04. The average Bonchev–Trinajstić information content (AvgIpc) is 2.91. The minimum atomic E-state index is -1.34. The third-order valence-corrected chi connectivity index (χ3v) is 4.49. The Hall–Kier alpha value is -1.86. The van der Waals surface area contributed by atoms with E-state index in [-0.39, 0.29) is 0 Å². The van der Waals surface area contributed by atoms with Gasteiger partial charge in [0, 0.05) is 17.3 Å². The van der Waals surface area contributed by atoms with Gasteiger partial charge < -0.3 is 0 Å². The van der Waals surface area contributed by atoms with Gasteiger partial charge in [-0.1, -0.05) is 17.4 Å². The van der Waals surface area contributed by atoms with E-state index in [1.807, 2.05) is 31.2 Å². The Morgan fingerprint density at radius 1 is 1.32 bits per heavy atom. The second kappa shape index (κ2) is 5.02. The first kappa shape index (κ1) is 12.2. The molecule has 0 aliphatic heterocycles. The summed E-state index contributed by atoms with van der Waals surface area (Å²) in [6.07, 6.45) is 1.75. The van der Waals surface area contributed by atoms with Gasteiger partial charge in [0.15, 0.2) is 11.0 Å². The van der Waals surface area contributed by atoms with E-state index in [2.05, 4.69) is 19.9 Å². The number of nitrogens with zero attached hydrogens (tertiary/aromatic N) is 3. The molecular formula is C12H10N4OS2. The van der Waals surface area contributed by atoms with Crippen molar-refractivity contribution >= 4 is 38.2 Å².